The molecule has 0 saturated heterocycles. The molecule has 0 aliphatic rings. The van der Waals surface area contributed by atoms with Crippen molar-refractivity contribution in [3.8, 4) is 0 Å². The standard InChI is InChI=1S/C10H22N2O/c1-5-6-7-12(4)9(13)8-10(2,3)11/h5-8,11H2,1-4H3. The number of hydrogen-bond acceptors (Lipinski definition) is 2. The first-order valence-corrected chi connectivity index (χ1v) is 4.89. The van der Waals surface area contributed by atoms with Gasteiger partial charge in [-0.1, -0.05) is 13.3 Å². The molecule has 0 aromatic rings. The summed E-state index contributed by atoms with van der Waals surface area (Å²) in [5.41, 5.74) is 5.36. The Hall–Kier alpha value is -0.570. The molecule has 0 atom stereocenters. The molecule has 1 amide bonds. The summed E-state index contributed by atoms with van der Waals surface area (Å²) in [4.78, 5) is 13.3. The summed E-state index contributed by atoms with van der Waals surface area (Å²) in [6, 6.07) is 0. The molecule has 3 heteroatoms. The fraction of sp³-hybridized carbons (Fsp3) is 0.900. The normalized spacial score (nSPS) is 11.5. The summed E-state index contributed by atoms with van der Waals surface area (Å²) < 4.78 is 0. The summed E-state index contributed by atoms with van der Waals surface area (Å²) in [6.45, 7) is 6.70. The van der Waals surface area contributed by atoms with Gasteiger partial charge in [0.05, 0.1) is 0 Å². The number of hydrogen-bond donors (Lipinski definition) is 1. The van der Waals surface area contributed by atoms with E-state index < -0.39 is 5.54 Å². The van der Waals surface area contributed by atoms with E-state index in [4.69, 9.17) is 5.73 Å². The summed E-state index contributed by atoms with van der Waals surface area (Å²) in [6.07, 6.45) is 2.60. The third kappa shape index (κ3) is 6.58. The lowest BCUT2D eigenvalue weighted by Crippen LogP contribution is -2.40. The van der Waals surface area contributed by atoms with E-state index in [0.717, 1.165) is 19.4 Å². The predicted octanol–water partition coefficient (Wildman–Crippen LogP) is 1.37. The van der Waals surface area contributed by atoms with Crippen LogP contribution in [0.2, 0.25) is 0 Å². The zero-order chi connectivity index (χ0) is 10.5. The van der Waals surface area contributed by atoms with Crippen molar-refractivity contribution in [3.05, 3.63) is 0 Å². The molecule has 3 nitrogen and oxygen atoms in total. The molecule has 78 valence electrons. The summed E-state index contributed by atoms with van der Waals surface area (Å²) in [5.74, 6) is 0.140. The van der Waals surface area contributed by atoms with Gasteiger partial charge in [0, 0.05) is 25.6 Å². The largest absolute Gasteiger partial charge is 0.346 e. The van der Waals surface area contributed by atoms with Gasteiger partial charge in [0.25, 0.3) is 0 Å². The van der Waals surface area contributed by atoms with Gasteiger partial charge in [-0.05, 0) is 20.3 Å². The molecule has 0 heterocycles. The van der Waals surface area contributed by atoms with Crippen molar-refractivity contribution in [1.29, 1.82) is 0 Å². The second-order valence-electron chi connectivity index (χ2n) is 4.33. The molecule has 0 aromatic heterocycles. The van der Waals surface area contributed by atoms with Gasteiger partial charge in [-0.3, -0.25) is 4.79 Å². The van der Waals surface area contributed by atoms with Gasteiger partial charge in [-0.2, -0.15) is 0 Å². The average Bonchev–Trinajstić information content (AvgIpc) is 1.96. The Balaban J connectivity index is 3.83. The first-order chi connectivity index (χ1) is 5.87. The molecular formula is C10H22N2O. The highest BCUT2D eigenvalue weighted by molar-refractivity contribution is 5.76. The van der Waals surface area contributed by atoms with Crippen molar-refractivity contribution < 1.29 is 4.79 Å². The number of nitrogens with zero attached hydrogens (tertiary/aromatic N) is 1. The first-order valence-electron chi connectivity index (χ1n) is 4.89. The summed E-state index contributed by atoms with van der Waals surface area (Å²) >= 11 is 0. The molecule has 0 radical (unpaired) electrons. The Bertz CT molecular complexity index is 161. The summed E-state index contributed by atoms with van der Waals surface area (Å²) in [7, 11) is 1.84. The van der Waals surface area contributed by atoms with Crippen LogP contribution in [0.4, 0.5) is 0 Å². The molecule has 0 aliphatic carbocycles. The zero-order valence-corrected chi connectivity index (χ0v) is 9.26. The van der Waals surface area contributed by atoms with Crippen molar-refractivity contribution in [2.75, 3.05) is 13.6 Å². The van der Waals surface area contributed by atoms with Crippen molar-refractivity contribution >= 4 is 5.91 Å². The van der Waals surface area contributed by atoms with Crippen LogP contribution in [0.25, 0.3) is 0 Å². The van der Waals surface area contributed by atoms with E-state index in [2.05, 4.69) is 6.92 Å². The minimum Gasteiger partial charge on any atom is -0.346 e. The monoisotopic (exact) mass is 186 g/mol. The molecular weight excluding hydrogens is 164 g/mol. The fourth-order valence-corrected chi connectivity index (χ4v) is 1.04. The number of unbranched alkanes of at least 4 members (excludes halogenated alkanes) is 1. The minimum atomic E-state index is -0.391. The Kier molecular flexibility index (Phi) is 4.99. The highest BCUT2D eigenvalue weighted by atomic mass is 16.2. The van der Waals surface area contributed by atoms with Crippen LogP contribution in [0, 0.1) is 0 Å². The van der Waals surface area contributed by atoms with Crippen LogP contribution in [0.5, 0.6) is 0 Å². The van der Waals surface area contributed by atoms with E-state index in [1.54, 1.807) is 4.90 Å². The maximum absolute atomic E-state index is 11.5. The average molecular weight is 186 g/mol. The van der Waals surface area contributed by atoms with Crippen LogP contribution in [0.15, 0.2) is 0 Å². The van der Waals surface area contributed by atoms with Crippen LogP contribution in [0.1, 0.15) is 40.0 Å². The molecule has 0 aromatic carbocycles. The molecule has 0 saturated carbocycles. The Morgan fingerprint density at radius 2 is 2.00 bits per heavy atom. The van der Waals surface area contributed by atoms with E-state index in [-0.39, 0.29) is 5.91 Å². The van der Waals surface area contributed by atoms with Crippen LogP contribution in [0.3, 0.4) is 0 Å². The molecule has 0 bridgehead atoms. The molecule has 0 aliphatic heterocycles. The lowest BCUT2D eigenvalue weighted by atomic mass is 10.0. The topological polar surface area (TPSA) is 46.3 Å². The van der Waals surface area contributed by atoms with Gasteiger partial charge < -0.3 is 10.6 Å². The number of amides is 1. The minimum absolute atomic E-state index is 0.140. The molecule has 13 heavy (non-hydrogen) atoms. The SMILES string of the molecule is CCCCN(C)C(=O)CC(C)(C)N. The fourth-order valence-electron chi connectivity index (χ4n) is 1.04. The lowest BCUT2D eigenvalue weighted by molar-refractivity contribution is -0.130. The Morgan fingerprint density at radius 3 is 2.38 bits per heavy atom. The van der Waals surface area contributed by atoms with E-state index in [9.17, 15) is 4.79 Å². The maximum Gasteiger partial charge on any atom is 0.224 e. The number of nitrogens with two attached hydrogens (primary N) is 1. The van der Waals surface area contributed by atoms with Gasteiger partial charge in [0.15, 0.2) is 0 Å². The zero-order valence-electron chi connectivity index (χ0n) is 9.26. The lowest BCUT2D eigenvalue weighted by Gasteiger charge is -2.23. The van der Waals surface area contributed by atoms with E-state index >= 15 is 0 Å². The van der Waals surface area contributed by atoms with Crippen molar-refractivity contribution in [2.24, 2.45) is 5.73 Å². The van der Waals surface area contributed by atoms with Crippen molar-refractivity contribution in [3.63, 3.8) is 0 Å². The number of carbonyl (C=O) groups is 1. The molecule has 0 unspecified atom stereocenters. The highest BCUT2D eigenvalue weighted by Gasteiger charge is 2.18. The second-order valence-corrected chi connectivity index (χ2v) is 4.33. The van der Waals surface area contributed by atoms with Gasteiger partial charge in [0.1, 0.15) is 0 Å². The highest BCUT2D eigenvalue weighted by Crippen LogP contribution is 2.06. The van der Waals surface area contributed by atoms with Gasteiger partial charge >= 0.3 is 0 Å². The molecule has 0 rings (SSSR count). The van der Waals surface area contributed by atoms with Gasteiger partial charge in [-0.25, -0.2) is 0 Å². The molecule has 0 spiro atoms. The number of carbonyl (C=O) groups excluding carboxylic acids is 1. The van der Waals surface area contributed by atoms with Crippen LogP contribution in [-0.4, -0.2) is 29.9 Å². The van der Waals surface area contributed by atoms with Gasteiger partial charge in [-0.15, -0.1) is 0 Å². The van der Waals surface area contributed by atoms with E-state index in [1.807, 2.05) is 20.9 Å². The predicted molar refractivity (Wildman–Crippen MR) is 55.4 cm³/mol. The Morgan fingerprint density at radius 1 is 1.46 bits per heavy atom. The smallest absolute Gasteiger partial charge is 0.224 e. The van der Waals surface area contributed by atoms with Gasteiger partial charge in [0.2, 0.25) is 5.91 Å². The second kappa shape index (κ2) is 5.22. The third-order valence-electron chi connectivity index (χ3n) is 1.88. The summed E-state index contributed by atoms with van der Waals surface area (Å²) in [5, 5.41) is 0. The maximum atomic E-state index is 11.5. The van der Waals surface area contributed by atoms with E-state index in [0.29, 0.717) is 6.42 Å². The molecule has 0 fully saturated rings. The quantitative estimate of drug-likeness (QED) is 0.705. The van der Waals surface area contributed by atoms with Crippen molar-refractivity contribution in [2.45, 2.75) is 45.6 Å². The van der Waals surface area contributed by atoms with Crippen LogP contribution in [-0.2, 0) is 4.79 Å². The Labute approximate surface area is 81.3 Å². The third-order valence-corrected chi connectivity index (χ3v) is 1.88. The first kappa shape index (κ1) is 12.4. The van der Waals surface area contributed by atoms with Crippen LogP contribution >= 0.6 is 0 Å². The molecule has 2 N–H and O–H groups in total. The van der Waals surface area contributed by atoms with Crippen LogP contribution < -0.4 is 5.73 Å². The van der Waals surface area contributed by atoms with Crippen molar-refractivity contribution in [1.82, 2.24) is 4.90 Å². The van der Waals surface area contributed by atoms with E-state index in [1.165, 1.54) is 0 Å². The number of rotatable bonds is 5.